The van der Waals surface area contributed by atoms with E-state index in [0.717, 1.165) is 30.9 Å². The van der Waals surface area contributed by atoms with Gasteiger partial charge in [-0.3, -0.25) is 4.84 Å². The molecule has 3 nitrogen and oxygen atoms in total. The molecule has 1 aliphatic heterocycles. The van der Waals surface area contributed by atoms with Crippen molar-refractivity contribution in [3.63, 3.8) is 0 Å². The van der Waals surface area contributed by atoms with Crippen molar-refractivity contribution in [2.45, 2.75) is 19.4 Å². The fourth-order valence-electron chi connectivity index (χ4n) is 1.64. The van der Waals surface area contributed by atoms with Crippen LogP contribution in [0.3, 0.4) is 0 Å². The smallest absolute Gasteiger partial charge is 0.0685 e. The average Bonchev–Trinajstić information content (AvgIpc) is 2.23. The Morgan fingerprint density at radius 2 is 2.14 bits per heavy atom. The van der Waals surface area contributed by atoms with Gasteiger partial charge in [0.25, 0.3) is 0 Å². The third kappa shape index (κ3) is 2.25. The van der Waals surface area contributed by atoms with Crippen LogP contribution in [0.15, 0.2) is 24.3 Å². The number of hydrogen-bond donors (Lipinski definition) is 1. The Morgan fingerprint density at radius 3 is 2.86 bits per heavy atom. The van der Waals surface area contributed by atoms with Gasteiger partial charge in [0, 0.05) is 12.2 Å². The van der Waals surface area contributed by atoms with E-state index in [0.29, 0.717) is 0 Å². The van der Waals surface area contributed by atoms with Crippen LogP contribution in [-0.4, -0.2) is 18.2 Å². The van der Waals surface area contributed by atoms with E-state index in [4.69, 9.17) is 10.6 Å². The summed E-state index contributed by atoms with van der Waals surface area (Å²) in [6.45, 7) is 2.65. The number of rotatable bonds is 2. The molecule has 0 unspecified atom stereocenters. The number of hydroxylamine groups is 2. The van der Waals surface area contributed by atoms with Crippen LogP contribution in [0.1, 0.15) is 18.4 Å². The third-order valence-electron chi connectivity index (χ3n) is 2.48. The van der Waals surface area contributed by atoms with Gasteiger partial charge < -0.3 is 5.73 Å². The molecule has 0 spiro atoms. The van der Waals surface area contributed by atoms with Crippen LogP contribution in [0.5, 0.6) is 0 Å². The normalized spacial score (nSPS) is 18.3. The van der Waals surface area contributed by atoms with E-state index >= 15 is 0 Å². The Hall–Kier alpha value is -1.06. The van der Waals surface area contributed by atoms with Crippen molar-refractivity contribution in [3.8, 4) is 0 Å². The van der Waals surface area contributed by atoms with E-state index in [9.17, 15) is 0 Å². The van der Waals surface area contributed by atoms with Gasteiger partial charge in [0.15, 0.2) is 0 Å². The Morgan fingerprint density at radius 1 is 1.29 bits per heavy atom. The first-order valence-electron chi connectivity index (χ1n) is 5.07. The molecule has 1 aliphatic rings. The summed E-state index contributed by atoms with van der Waals surface area (Å²) in [4.78, 5) is 5.51. The second-order valence-electron chi connectivity index (χ2n) is 3.60. The lowest BCUT2D eigenvalue weighted by Crippen LogP contribution is -2.29. The zero-order valence-corrected chi connectivity index (χ0v) is 8.28. The molecule has 1 aromatic carbocycles. The second kappa shape index (κ2) is 4.44. The zero-order chi connectivity index (χ0) is 9.80. The summed E-state index contributed by atoms with van der Waals surface area (Å²) in [7, 11) is 0. The molecule has 76 valence electrons. The number of nitrogens with two attached hydrogens (primary N) is 1. The summed E-state index contributed by atoms with van der Waals surface area (Å²) in [5, 5.41) is 2.00. The number of nitrogens with zero attached hydrogens (tertiary/aromatic N) is 1. The first kappa shape index (κ1) is 9.49. The molecule has 2 N–H and O–H groups in total. The highest BCUT2D eigenvalue weighted by Gasteiger charge is 2.11. The number of benzene rings is 1. The number of para-hydroxylation sites is 1. The molecule has 14 heavy (non-hydrogen) atoms. The van der Waals surface area contributed by atoms with Crippen LogP contribution in [0, 0.1) is 0 Å². The van der Waals surface area contributed by atoms with Gasteiger partial charge in [0.05, 0.1) is 13.2 Å². The maximum atomic E-state index is 5.86. The van der Waals surface area contributed by atoms with Crippen LogP contribution in [0.4, 0.5) is 5.69 Å². The monoisotopic (exact) mass is 192 g/mol. The number of nitrogen functional groups attached to an aromatic ring is 1. The molecule has 0 aliphatic carbocycles. The molecule has 2 rings (SSSR count). The maximum absolute atomic E-state index is 5.86. The lowest BCUT2D eigenvalue weighted by Gasteiger charge is -2.26. The van der Waals surface area contributed by atoms with E-state index < -0.39 is 0 Å². The highest BCUT2D eigenvalue weighted by molar-refractivity contribution is 5.46. The van der Waals surface area contributed by atoms with E-state index in [1.54, 1.807) is 0 Å². The molecule has 0 radical (unpaired) electrons. The van der Waals surface area contributed by atoms with Crippen LogP contribution in [0.2, 0.25) is 0 Å². The van der Waals surface area contributed by atoms with E-state index in [1.807, 2.05) is 29.3 Å². The first-order valence-corrected chi connectivity index (χ1v) is 5.07. The van der Waals surface area contributed by atoms with E-state index in [2.05, 4.69) is 0 Å². The molecule has 1 saturated heterocycles. The Bertz CT molecular complexity index is 295. The Kier molecular flexibility index (Phi) is 3.01. The van der Waals surface area contributed by atoms with Gasteiger partial charge in [0.1, 0.15) is 0 Å². The molecule has 1 fully saturated rings. The van der Waals surface area contributed by atoms with E-state index in [1.165, 1.54) is 12.8 Å². The number of hydrogen-bond acceptors (Lipinski definition) is 3. The van der Waals surface area contributed by atoms with Crippen LogP contribution in [0.25, 0.3) is 0 Å². The first-order chi connectivity index (χ1) is 6.86. The van der Waals surface area contributed by atoms with Gasteiger partial charge in [-0.25, -0.2) is 0 Å². The minimum absolute atomic E-state index is 0.798. The molecule has 0 bridgehead atoms. The van der Waals surface area contributed by atoms with Crippen LogP contribution >= 0.6 is 0 Å². The standard InChI is InChI=1S/C11H16N2O/c12-11-6-2-1-5-10(11)9-13-7-3-4-8-14-13/h1-2,5-6H,3-4,7-9,12H2. The molecule has 1 aromatic rings. The number of anilines is 1. The SMILES string of the molecule is Nc1ccccc1CN1CCCCO1. The van der Waals surface area contributed by atoms with Gasteiger partial charge in [-0.15, -0.1) is 0 Å². The molecule has 1 heterocycles. The fraction of sp³-hybridized carbons (Fsp3) is 0.455. The van der Waals surface area contributed by atoms with Gasteiger partial charge >= 0.3 is 0 Å². The third-order valence-corrected chi connectivity index (χ3v) is 2.48. The zero-order valence-electron chi connectivity index (χ0n) is 8.28. The van der Waals surface area contributed by atoms with Crippen molar-refractivity contribution < 1.29 is 4.84 Å². The summed E-state index contributed by atoms with van der Waals surface area (Å²) in [5.41, 5.74) is 7.85. The Labute approximate surface area is 84.4 Å². The minimum atomic E-state index is 0.798. The summed E-state index contributed by atoms with van der Waals surface area (Å²) in [5.74, 6) is 0. The van der Waals surface area contributed by atoms with Crippen LogP contribution < -0.4 is 5.73 Å². The predicted molar refractivity (Wildman–Crippen MR) is 56.5 cm³/mol. The van der Waals surface area contributed by atoms with E-state index in [-0.39, 0.29) is 0 Å². The molecule has 0 atom stereocenters. The summed E-state index contributed by atoms with van der Waals surface area (Å²) in [6.07, 6.45) is 2.38. The highest BCUT2D eigenvalue weighted by atomic mass is 16.7. The molecule has 0 amide bonds. The van der Waals surface area contributed by atoms with Gasteiger partial charge in [0.2, 0.25) is 0 Å². The van der Waals surface area contributed by atoms with Crippen LogP contribution in [-0.2, 0) is 11.4 Å². The van der Waals surface area contributed by atoms with Crippen molar-refractivity contribution in [3.05, 3.63) is 29.8 Å². The average molecular weight is 192 g/mol. The van der Waals surface area contributed by atoms with Crippen molar-refractivity contribution in [2.75, 3.05) is 18.9 Å². The van der Waals surface area contributed by atoms with Crippen molar-refractivity contribution >= 4 is 5.69 Å². The molecule has 0 saturated carbocycles. The lowest BCUT2D eigenvalue weighted by atomic mass is 10.2. The quantitative estimate of drug-likeness (QED) is 0.726. The lowest BCUT2D eigenvalue weighted by molar-refractivity contribution is -0.187. The van der Waals surface area contributed by atoms with Crippen molar-refractivity contribution in [2.24, 2.45) is 0 Å². The minimum Gasteiger partial charge on any atom is -0.398 e. The van der Waals surface area contributed by atoms with Gasteiger partial charge in [-0.05, 0) is 24.5 Å². The van der Waals surface area contributed by atoms with Crippen molar-refractivity contribution in [1.82, 2.24) is 5.06 Å². The summed E-state index contributed by atoms with van der Waals surface area (Å²) < 4.78 is 0. The Balaban J connectivity index is 1.99. The largest absolute Gasteiger partial charge is 0.398 e. The molecule has 0 aromatic heterocycles. The molecular formula is C11H16N2O. The summed E-state index contributed by atoms with van der Waals surface area (Å²) >= 11 is 0. The second-order valence-corrected chi connectivity index (χ2v) is 3.60. The van der Waals surface area contributed by atoms with Gasteiger partial charge in [-0.1, -0.05) is 18.2 Å². The molecular weight excluding hydrogens is 176 g/mol. The topological polar surface area (TPSA) is 38.5 Å². The predicted octanol–water partition coefficient (Wildman–Crippen LogP) is 1.80. The summed E-state index contributed by atoms with van der Waals surface area (Å²) in [6, 6.07) is 7.94. The van der Waals surface area contributed by atoms with Gasteiger partial charge in [-0.2, -0.15) is 5.06 Å². The highest BCUT2D eigenvalue weighted by Crippen LogP contribution is 2.16. The fourth-order valence-corrected chi connectivity index (χ4v) is 1.64. The van der Waals surface area contributed by atoms with Crippen molar-refractivity contribution in [1.29, 1.82) is 0 Å². The molecule has 3 heteroatoms. The maximum Gasteiger partial charge on any atom is 0.0685 e.